The highest BCUT2D eigenvalue weighted by molar-refractivity contribution is 5.73. The Labute approximate surface area is 102 Å². The molecule has 0 aromatic heterocycles. The number of alkyl halides is 2. The lowest BCUT2D eigenvalue weighted by Gasteiger charge is -2.25. The average molecular weight is 239 g/mol. The van der Waals surface area contributed by atoms with Crippen LogP contribution in [-0.4, -0.2) is 12.6 Å². The van der Waals surface area contributed by atoms with Gasteiger partial charge in [-0.3, -0.25) is 4.99 Å². The number of aryl methyl sites for hydroxylation is 1. The van der Waals surface area contributed by atoms with E-state index >= 15 is 0 Å². The summed E-state index contributed by atoms with van der Waals surface area (Å²) in [5.41, 5.74) is 2.86. The van der Waals surface area contributed by atoms with E-state index in [0.29, 0.717) is 0 Å². The summed E-state index contributed by atoms with van der Waals surface area (Å²) >= 11 is 0. The van der Waals surface area contributed by atoms with E-state index in [-0.39, 0.29) is 5.92 Å². The molecule has 2 unspecified atom stereocenters. The second-order valence-electron chi connectivity index (χ2n) is 4.04. The molecule has 0 fully saturated rings. The van der Waals surface area contributed by atoms with Gasteiger partial charge in [-0.2, -0.15) is 0 Å². The van der Waals surface area contributed by atoms with Gasteiger partial charge in [0.1, 0.15) is 0 Å². The van der Waals surface area contributed by atoms with Crippen LogP contribution < -0.4 is 0 Å². The number of nitrogens with zero attached hydrogens (tertiary/aromatic N) is 1. The number of hydrogen-bond donors (Lipinski definition) is 0. The van der Waals surface area contributed by atoms with Crippen molar-refractivity contribution < 1.29 is 8.78 Å². The maximum absolute atomic E-state index is 12.7. The highest BCUT2D eigenvalue weighted by Crippen LogP contribution is 2.38. The minimum atomic E-state index is -2.33. The lowest BCUT2D eigenvalue weighted by molar-refractivity contribution is 0.0999. The van der Waals surface area contributed by atoms with Crippen molar-refractivity contribution >= 4 is 11.9 Å². The molecule has 0 saturated heterocycles. The second-order valence-corrected chi connectivity index (χ2v) is 4.04. The summed E-state index contributed by atoms with van der Waals surface area (Å²) < 4.78 is 25.3. The number of rotatable bonds is 1. The second kappa shape index (κ2) is 5.89. The third kappa shape index (κ3) is 2.90. The first kappa shape index (κ1) is 13.8. The molecule has 0 N–H and O–H groups in total. The van der Waals surface area contributed by atoms with E-state index in [2.05, 4.69) is 4.99 Å². The Morgan fingerprint density at radius 1 is 1.24 bits per heavy atom. The maximum Gasteiger partial charge on any atom is 0.246 e. The van der Waals surface area contributed by atoms with E-state index in [4.69, 9.17) is 0 Å². The Morgan fingerprint density at radius 3 is 2.47 bits per heavy atom. The van der Waals surface area contributed by atoms with E-state index < -0.39 is 12.3 Å². The lowest BCUT2D eigenvalue weighted by atomic mass is 9.85. The van der Waals surface area contributed by atoms with Crippen LogP contribution in [0.5, 0.6) is 0 Å². The van der Waals surface area contributed by atoms with Gasteiger partial charge >= 0.3 is 0 Å². The molecule has 0 radical (unpaired) electrons. The zero-order valence-electron chi connectivity index (χ0n) is 10.7. The summed E-state index contributed by atoms with van der Waals surface area (Å²) in [4.78, 5) is 4.10. The number of halogens is 2. The Balaban J connectivity index is 0.000000686. The summed E-state index contributed by atoms with van der Waals surface area (Å²) in [6, 6.07) is 5.78. The SMILES string of the molecule is CC.Cc1ccc2c(c1)N=CC(C(F)F)C2C. The van der Waals surface area contributed by atoms with Crippen LogP contribution in [0.15, 0.2) is 23.2 Å². The first-order valence-corrected chi connectivity index (χ1v) is 6.02. The number of benzene rings is 1. The Morgan fingerprint density at radius 2 is 1.88 bits per heavy atom. The van der Waals surface area contributed by atoms with Crippen molar-refractivity contribution in [2.24, 2.45) is 10.9 Å². The first-order valence-electron chi connectivity index (χ1n) is 6.02. The van der Waals surface area contributed by atoms with Crippen molar-refractivity contribution in [3.63, 3.8) is 0 Å². The number of hydrogen-bond acceptors (Lipinski definition) is 1. The van der Waals surface area contributed by atoms with Crippen molar-refractivity contribution in [3.05, 3.63) is 29.3 Å². The lowest BCUT2D eigenvalue weighted by Crippen LogP contribution is -2.22. The predicted molar refractivity (Wildman–Crippen MR) is 68.6 cm³/mol. The van der Waals surface area contributed by atoms with E-state index in [9.17, 15) is 8.78 Å². The molecule has 2 rings (SSSR count). The highest BCUT2D eigenvalue weighted by atomic mass is 19.3. The zero-order chi connectivity index (χ0) is 13.0. The van der Waals surface area contributed by atoms with Gasteiger partial charge in [-0.25, -0.2) is 8.78 Å². The largest absolute Gasteiger partial charge is 0.260 e. The van der Waals surface area contributed by atoms with Gasteiger partial charge in [0.25, 0.3) is 0 Å². The number of fused-ring (bicyclic) bond motifs is 1. The zero-order valence-corrected chi connectivity index (χ0v) is 10.7. The summed E-state index contributed by atoms with van der Waals surface area (Å²) in [5.74, 6) is -0.904. The summed E-state index contributed by atoms with van der Waals surface area (Å²) in [7, 11) is 0. The third-order valence-corrected chi connectivity index (χ3v) is 2.93. The molecule has 3 heteroatoms. The van der Waals surface area contributed by atoms with E-state index in [1.807, 2.05) is 45.9 Å². The van der Waals surface area contributed by atoms with Crippen LogP contribution >= 0.6 is 0 Å². The standard InChI is InChI=1S/C12H13F2N.C2H6/c1-7-3-4-9-8(2)10(12(13)14)6-15-11(9)5-7;1-2/h3-6,8,10,12H,1-2H3;1-2H3. The molecule has 2 atom stereocenters. The van der Waals surface area contributed by atoms with Gasteiger partial charge in [-0.1, -0.05) is 32.9 Å². The molecule has 1 aliphatic rings. The maximum atomic E-state index is 12.7. The molecule has 94 valence electrons. The molecule has 0 saturated carbocycles. The van der Waals surface area contributed by atoms with Crippen LogP contribution in [0.2, 0.25) is 0 Å². The van der Waals surface area contributed by atoms with Gasteiger partial charge in [0.2, 0.25) is 6.43 Å². The van der Waals surface area contributed by atoms with Crippen molar-refractivity contribution in [2.45, 2.75) is 40.0 Å². The summed E-state index contributed by atoms with van der Waals surface area (Å²) in [5, 5.41) is 0. The molecular weight excluding hydrogens is 220 g/mol. The molecule has 1 heterocycles. The van der Waals surface area contributed by atoms with Gasteiger partial charge in [-0.15, -0.1) is 0 Å². The van der Waals surface area contributed by atoms with Crippen molar-refractivity contribution in [1.29, 1.82) is 0 Å². The highest BCUT2D eigenvalue weighted by Gasteiger charge is 2.30. The molecule has 1 aromatic carbocycles. The number of aliphatic imine (C=N–C) groups is 1. The smallest absolute Gasteiger partial charge is 0.246 e. The van der Waals surface area contributed by atoms with Crippen LogP contribution in [0.1, 0.15) is 37.8 Å². The van der Waals surface area contributed by atoms with E-state index in [1.54, 1.807) is 0 Å². The molecule has 0 amide bonds. The monoisotopic (exact) mass is 239 g/mol. The molecule has 1 aromatic rings. The minimum Gasteiger partial charge on any atom is -0.260 e. The van der Waals surface area contributed by atoms with Gasteiger partial charge in [0.15, 0.2) is 0 Å². The summed E-state index contributed by atoms with van der Waals surface area (Å²) in [6.45, 7) is 7.80. The van der Waals surface area contributed by atoms with Crippen molar-refractivity contribution in [1.82, 2.24) is 0 Å². The molecule has 0 bridgehead atoms. The van der Waals surface area contributed by atoms with Crippen molar-refractivity contribution in [2.75, 3.05) is 0 Å². The Bertz CT molecular complexity index is 399. The fraction of sp³-hybridized carbons (Fsp3) is 0.500. The topological polar surface area (TPSA) is 12.4 Å². The molecule has 17 heavy (non-hydrogen) atoms. The van der Waals surface area contributed by atoms with Crippen LogP contribution in [0.4, 0.5) is 14.5 Å². The molecule has 0 aliphatic carbocycles. The van der Waals surface area contributed by atoms with Crippen LogP contribution in [0.25, 0.3) is 0 Å². The van der Waals surface area contributed by atoms with Crippen LogP contribution in [0.3, 0.4) is 0 Å². The predicted octanol–water partition coefficient (Wildman–Crippen LogP) is 4.72. The average Bonchev–Trinajstić information content (AvgIpc) is 2.31. The Hall–Kier alpha value is -1.25. The van der Waals surface area contributed by atoms with Crippen molar-refractivity contribution in [3.8, 4) is 0 Å². The van der Waals surface area contributed by atoms with Gasteiger partial charge in [0.05, 0.1) is 11.6 Å². The molecule has 0 spiro atoms. The van der Waals surface area contributed by atoms with E-state index in [0.717, 1.165) is 16.8 Å². The molecule has 1 nitrogen and oxygen atoms in total. The third-order valence-electron chi connectivity index (χ3n) is 2.93. The minimum absolute atomic E-state index is 0.155. The van der Waals surface area contributed by atoms with Crippen LogP contribution in [0, 0.1) is 12.8 Å². The normalized spacial score (nSPS) is 21.8. The first-order chi connectivity index (χ1) is 8.09. The fourth-order valence-electron chi connectivity index (χ4n) is 1.94. The summed E-state index contributed by atoms with van der Waals surface area (Å²) in [6.07, 6.45) is -0.949. The molecular formula is C14H19F2N. The fourth-order valence-corrected chi connectivity index (χ4v) is 1.94. The van der Waals surface area contributed by atoms with Crippen LogP contribution in [-0.2, 0) is 0 Å². The molecule has 1 aliphatic heterocycles. The van der Waals surface area contributed by atoms with E-state index in [1.165, 1.54) is 6.21 Å². The van der Waals surface area contributed by atoms with Gasteiger partial charge in [-0.05, 0) is 30.0 Å². The Kier molecular flexibility index (Phi) is 4.79. The van der Waals surface area contributed by atoms with Gasteiger partial charge < -0.3 is 0 Å². The quantitative estimate of drug-likeness (QED) is 0.672. The van der Waals surface area contributed by atoms with Gasteiger partial charge in [0, 0.05) is 6.21 Å².